The fraction of sp³-hybridized carbons (Fsp3) is 0.538. The molecule has 0 spiro atoms. The standard InChI is InChI=1S/C13H17BrFN/c1-16-13(10-2-3-10)7-5-9-4-6-11(15)8-12(9)14/h4,6,8,10,13,16H,2-3,5,7H2,1H3. The topological polar surface area (TPSA) is 12.0 Å². The molecular weight excluding hydrogens is 269 g/mol. The Labute approximate surface area is 105 Å². The summed E-state index contributed by atoms with van der Waals surface area (Å²) < 4.78 is 13.8. The summed E-state index contributed by atoms with van der Waals surface area (Å²) >= 11 is 3.41. The van der Waals surface area contributed by atoms with Crippen LogP contribution in [0.4, 0.5) is 4.39 Å². The lowest BCUT2D eigenvalue weighted by Crippen LogP contribution is -2.27. The summed E-state index contributed by atoms with van der Waals surface area (Å²) in [5.74, 6) is 0.687. The first-order valence-electron chi connectivity index (χ1n) is 5.82. The molecule has 0 aromatic heterocycles. The lowest BCUT2D eigenvalue weighted by atomic mass is 10.0. The number of rotatable bonds is 5. The van der Waals surface area contributed by atoms with Crippen LogP contribution in [0.1, 0.15) is 24.8 Å². The minimum atomic E-state index is -0.178. The minimum absolute atomic E-state index is 0.178. The molecule has 1 unspecified atom stereocenters. The van der Waals surface area contributed by atoms with Crippen LogP contribution in [0.15, 0.2) is 22.7 Å². The van der Waals surface area contributed by atoms with E-state index in [1.54, 1.807) is 6.07 Å². The van der Waals surface area contributed by atoms with Crippen molar-refractivity contribution in [3.05, 3.63) is 34.1 Å². The molecule has 1 atom stereocenters. The van der Waals surface area contributed by atoms with Gasteiger partial charge in [-0.15, -0.1) is 0 Å². The number of hydrogen-bond acceptors (Lipinski definition) is 1. The average Bonchev–Trinajstić information content (AvgIpc) is 3.06. The van der Waals surface area contributed by atoms with Crippen LogP contribution >= 0.6 is 15.9 Å². The van der Waals surface area contributed by atoms with Gasteiger partial charge in [0.1, 0.15) is 5.82 Å². The molecule has 1 fully saturated rings. The Morgan fingerprint density at radius 2 is 2.25 bits per heavy atom. The number of nitrogens with one attached hydrogen (secondary N) is 1. The SMILES string of the molecule is CNC(CCc1ccc(F)cc1Br)C1CC1. The molecule has 1 N–H and O–H groups in total. The lowest BCUT2D eigenvalue weighted by molar-refractivity contribution is 0.470. The maximum atomic E-state index is 12.9. The molecule has 16 heavy (non-hydrogen) atoms. The molecule has 1 nitrogen and oxygen atoms in total. The quantitative estimate of drug-likeness (QED) is 0.873. The summed E-state index contributed by atoms with van der Waals surface area (Å²) in [5.41, 5.74) is 1.20. The van der Waals surface area contributed by atoms with Crippen molar-refractivity contribution in [1.82, 2.24) is 5.32 Å². The molecule has 1 saturated carbocycles. The van der Waals surface area contributed by atoms with Gasteiger partial charge in [0.25, 0.3) is 0 Å². The van der Waals surface area contributed by atoms with Gasteiger partial charge in [0.05, 0.1) is 0 Å². The van der Waals surface area contributed by atoms with Gasteiger partial charge >= 0.3 is 0 Å². The first-order valence-corrected chi connectivity index (χ1v) is 6.61. The Morgan fingerprint density at radius 3 is 2.81 bits per heavy atom. The fourth-order valence-corrected chi connectivity index (χ4v) is 2.70. The molecule has 88 valence electrons. The van der Waals surface area contributed by atoms with E-state index in [1.165, 1.54) is 24.5 Å². The zero-order valence-electron chi connectivity index (χ0n) is 9.47. The zero-order valence-corrected chi connectivity index (χ0v) is 11.1. The zero-order chi connectivity index (χ0) is 11.5. The van der Waals surface area contributed by atoms with Crippen molar-refractivity contribution in [3.8, 4) is 0 Å². The highest BCUT2D eigenvalue weighted by molar-refractivity contribution is 9.10. The first kappa shape index (κ1) is 12.1. The van der Waals surface area contributed by atoms with E-state index >= 15 is 0 Å². The van der Waals surface area contributed by atoms with E-state index in [4.69, 9.17) is 0 Å². The van der Waals surface area contributed by atoms with Gasteiger partial charge in [-0.3, -0.25) is 0 Å². The monoisotopic (exact) mass is 285 g/mol. The van der Waals surface area contributed by atoms with Crippen molar-refractivity contribution in [2.24, 2.45) is 5.92 Å². The van der Waals surface area contributed by atoms with E-state index in [0.717, 1.165) is 23.2 Å². The lowest BCUT2D eigenvalue weighted by Gasteiger charge is -2.15. The molecule has 3 heteroatoms. The second kappa shape index (κ2) is 5.28. The Balaban J connectivity index is 1.92. The third-order valence-corrected chi connectivity index (χ3v) is 4.04. The summed E-state index contributed by atoms with van der Waals surface area (Å²) in [6.45, 7) is 0. The Hall–Kier alpha value is -0.410. The molecule has 0 saturated heterocycles. The van der Waals surface area contributed by atoms with Crippen LogP contribution in [-0.4, -0.2) is 13.1 Å². The van der Waals surface area contributed by atoms with Gasteiger partial charge in [0.2, 0.25) is 0 Å². The maximum absolute atomic E-state index is 12.9. The predicted octanol–water partition coefficient (Wildman–Crippen LogP) is 3.52. The minimum Gasteiger partial charge on any atom is -0.317 e. The molecular formula is C13H17BrFN. The highest BCUT2D eigenvalue weighted by atomic mass is 79.9. The van der Waals surface area contributed by atoms with E-state index < -0.39 is 0 Å². The van der Waals surface area contributed by atoms with Crippen LogP contribution in [0, 0.1) is 11.7 Å². The summed E-state index contributed by atoms with van der Waals surface area (Å²) in [4.78, 5) is 0. The Morgan fingerprint density at radius 1 is 1.50 bits per heavy atom. The first-order chi connectivity index (χ1) is 7.70. The van der Waals surface area contributed by atoms with E-state index in [-0.39, 0.29) is 5.82 Å². The number of benzene rings is 1. The van der Waals surface area contributed by atoms with E-state index in [1.807, 2.05) is 13.1 Å². The number of halogens is 2. The number of aryl methyl sites for hydroxylation is 1. The molecule has 0 amide bonds. The van der Waals surface area contributed by atoms with Crippen molar-refractivity contribution in [2.45, 2.75) is 31.7 Å². The molecule has 1 aromatic carbocycles. The average molecular weight is 286 g/mol. The van der Waals surface area contributed by atoms with Crippen molar-refractivity contribution in [3.63, 3.8) is 0 Å². The molecule has 2 rings (SSSR count). The third kappa shape index (κ3) is 3.05. The molecule has 1 aromatic rings. The molecule has 0 bridgehead atoms. The van der Waals surface area contributed by atoms with Gasteiger partial charge in [-0.1, -0.05) is 22.0 Å². The van der Waals surface area contributed by atoms with Crippen LogP contribution in [0.3, 0.4) is 0 Å². The maximum Gasteiger partial charge on any atom is 0.124 e. The van der Waals surface area contributed by atoms with Crippen molar-refractivity contribution in [1.29, 1.82) is 0 Å². The predicted molar refractivity (Wildman–Crippen MR) is 68.0 cm³/mol. The molecule has 0 radical (unpaired) electrons. The van der Waals surface area contributed by atoms with E-state index in [2.05, 4.69) is 21.2 Å². The van der Waals surface area contributed by atoms with Gasteiger partial charge in [0, 0.05) is 10.5 Å². The molecule has 1 aliphatic rings. The van der Waals surface area contributed by atoms with Gasteiger partial charge in [-0.25, -0.2) is 4.39 Å². The summed E-state index contributed by atoms with van der Waals surface area (Å²) in [6, 6.07) is 5.57. The Kier molecular flexibility index (Phi) is 3.98. The molecule has 1 aliphatic carbocycles. The van der Waals surface area contributed by atoms with Crippen LogP contribution in [-0.2, 0) is 6.42 Å². The summed E-state index contributed by atoms with van der Waals surface area (Å²) in [7, 11) is 2.03. The normalized spacial score (nSPS) is 17.4. The smallest absolute Gasteiger partial charge is 0.124 e. The van der Waals surface area contributed by atoms with Gasteiger partial charge in [0.15, 0.2) is 0 Å². The van der Waals surface area contributed by atoms with Crippen LogP contribution in [0.2, 0.25) is 0 Å². The highest BCUT2D eigenvalue weighted by Crippen LogP contribution is 2.34. The second-order valence-corrected chi connectivity index (χ2v) is 5.36. The van der Waals surface area contributed by atoms with Crippen LogP contribution < -0.4 is 5.32 Å². The second-order valence-electron chi connectivity index (χ2n) is 4.51. The van der Waals surface area contributed by atoms with Gasteiger partial charge < -0.3 is 5.32 Å². The van der Waals surface area contributed by atoms with Crippen molar-refractivity contribution >= 4 is 15.9 Å². The van der Waals surface area contributed by atoms with Crippen LogP contribution in [0.5, 0.6) is 0 Å². The summed E-state index contributed by atoms with van der Waals surface area (Å²) in [6.07, 6.45) is 4.85. The Bertz CT molecular complexity index is 363. The van der Waals surface area contributed by atoms with Gasteiger partial charge in [-0.05, 0) is 56.3 Å². The van der Waals surface area contributed by atoms with E-state index in [9.17, 15) is 4.39 Å². The summed E-state index contributed by atoms with van der Waals surface area (Å²) in [5, 5.41) is 3.38. The van der Waals surface area contributed by atoms with Crippen LogP contribution in [0.25, 0.3) is 0 Å². The largest absolute Gasteiger partial charge is 0.317 e. The van der Waals surface area contributed by atoms with Crippen molar-refractivity contribution < 1.29 is 4.39 Å². The molecule has 0 aliphatic heterocycles. The highest BCUT2D eigenvalue weighted by Gasteiger charge is 2.29. The van der Waals surface area contributed by atoms with Gasteiger partial charge in [-0.2, -0.15) is 0 Å². The molecule has 0 heterocycles. The fourth-order valence-electron chi connectivity index (χ4n) is 2.15. The number of hydrogen-bond donors (Lipinski definition) is 1. The van der Waals surface area contributed by atoms with E-state index in [0.29, 0.717) is 6.04 Å². The van der Waals surface area contributed by atoms with Crippen molar-refractivity contribution in [2.75, 3.05) is 7.05 Å². The third-order valence-electron chi connectivity index (χ3n) is 3.30.